The largest absolute Gasteiger partial charge is 0.332 e. The normalized spacial score (nSPS) is 29.7. The Morgan fingerprint density at radius 3 is 2.57 bits per heavy atom. The molecular weight excluding hydrogens is 426 g/mol. The lowest BCUT2D eigenvalue weighted by atomic mass is 9.69. The third kappa shape index (κ3) is 4.16. The second-order valence-electron chi connectivity index (χ2n) is 8.91. The van der Waals surface area contributed by atoms with E-state index in [0.29, 0.717) is 22.9 Å². The van der Waals surface area contributed by atoms with E-state index in [1.54, 1.807) is 11.0 Å². The lowest BCUT2D eigenvalue weighted by Gasteiger charge is -2.51. The Labute approximate surface area is 188 Å². The van der Waals surface area contributed by atoms with Gasteiger partial charge in [-0.2, -0.15) is 0 Å². The van der Waals surface area contributed by atoms with Crippen molar-refractivity contribution in [3.05, 3.63) is 33.8 Å². The summed E-state index contributed by atoms with van der Waals surface area (Å²) in [6.07, 6.45) is 1.81. The minimum Gasteiger partial charge on any atom is -0.332 e. The number of nitrogens with one attached hydrogen (secondary N) is 2. The quantitative estimate of drug-likeness (QED) is 0.718. The molecule has 30 heavy (non-hydrogen) atoms. The highest BCUT2D eigenvalue weighted by Crippen LogP contribution is 2.47. The number of hydrogen-bond acceptors (Lipinski definition) is 3. The van der Waals surface area contributed by atoms with E-state index in [0.717, 1.165) is 57.7 Å². The molecule has 0 bridgehead atoms. The van der Waals surface area contributed by atoms with Gasteiger partial charge in [-0.05, 0) is 50.2 Å². The van der Waals surface area contributed by atoms with Gasteiger partial charge in [-0.15, -0.1) is 0 Å². The van der Waals surface area contributed by atoms with Gasteiger partial charge in [0, 0.05) is 44.8 Å². The number of hydrogen-bond donors (Lipinski definition) is 2. The first kappa shape index (κ1) is 22.1. The molecule has 1 aliphatic carbocycles. The van der Waals surface area contributed by atoms with Crippen molar-refractivity contribution in [3.8, 4) is 0 Å². The first-order valence-corrected chi connectivity index (χ1v) is 11.8. The Kier molecular flexibility index (Phi) is 6.78. The van der Waals surface area contributed by atoms with Gasteiger partial charge in [0.1, 0.15) is 6.17 Å². The second-order valence-corrected chi connectivity index (χ2v) is 9.69. The van der Waals surface area contributed by atoms with Crippen LogP contribution >= 0.6 is 23.2 Å². The van der Waals surface area contributed by atoms with Crippen LogP contribution in [0.4, 0.5) is 9.18 Å². The van der Waals surface area contributed by atoms with Crippen molar-refractivity contribution in [2.75, 3.05) is 39.3 Å². The summed E-state index contributed by atoms with van der Waals surface area (Å²) in [7, 11) is 0. The van der Waals surface area contributed by atoms with Crippen molar-refractivity contribution in [1.82, 2.24) is 20.4 Å². The van der Waals surface area contributed by atoms with Gasteiger partial charge in [-0.25, -0.2) is 9.18 Å². The lowest BCUT2D eigenvalue weighted by Crippen LogP contribution is -2.59. The van der Waals surface area contributed by atoms with E-state index in [1.807, 2.05) is 12.1 Å². The molecule has 8 heteroatoms. The molecule has 2 heterocycles. The summed E-state index contributed by atoms with van der Waals surface area (Å²) in [6.45, 7) is 7.27. The molecule has 1 saturated carbocycles. The van der Waals surface area contributed by atoms with Crippen LogP contribution in [0, 0.1) is 5.92 Å². The van der Waals surface area contributed by atoms with E-state index in [-0.39, 0.29) is 11.9 Å². The fourth-order valence-electron chi connectivity index (χ4n) is 5.23. The minimum absolute atomic E-state index is 0.0822. The summed E-state index contributed by atoms with van der Waals surface area (Å²) < 4.78 is 15.3. The van der Waals surface area contributed by atoms with Crippen LogP contribution in [0.2, 0.25) is 10.0 Å². The molecule has 0 radical (unpaired) electrons. The van der Waals surface area contributed by atoms with E-state index >= 15 is 4.39 Å². The monoisotopic (exact) mass is 456 g/mol. The third-order valence-corrected chi connectivity index (χ3v) is 8.11. The maximum Gasteiger partial charge on any atom is 0.317 e. The highest BCUT2D eigenvalue weighted by molar-refractivity contribution is 6.42. The van der Waals surface area contributed by atoms with Crippen LogP contribution < -0.4 is 10.6 Å². The Morgan fingerprint density at radius 1 is 1.20 bits per heavy atom. The van der Waals surface area contributed by atoms with Crippen molar-refractivity contribution in [2.24, 2.45) is 5.92 Å². The second kappa shape index (κ2) is 9.19. The molecule has 0 aromatic heterocycles. The van der Waals surface area contributed by atoms with Crippen molar-refractivity contribution in [2.45, 2.75) is 50.4 Å². The number of amides is 2. The number of benzene rings is 1. The van der Waals surface area contributed by atoms with Crippen LogP contribution in [-0.2, 0) is 5.54 Å². The number of nitrogens with zero attached hydrogens (tertiary/aromatic N) is 2. The van der Waals surface area contributed by atoms with Crippen LogP contribution in [0.25, 0.3) is 0 Å². The van der Waals surface area contributed by atoms with E-state index in [2.05, 4.69) is 22.5 Å². The van der Waals surface area contributed by atoms with Crippen molar-refractivity contribution >= 4 is 29.2 Å². The maximum atomic E-state index is 15.3. The summed E-state index contributed by atoms with van der Waals surface area (Å²) >= 11 is 13.0. The minimum atomic E-state index is -1.07. The summed E-state index contributed by atoms with van der Waals surface area (Å²) in [5.74, 6) is 0.0822. The fraction of sp³-hybridized carbons (Fsp3) is 0.682. The number of carbonyl (C=O) groups excluding carboxylic acids is 1. The van der Waals surface area contributed by atoms with Gasteiger partial charge < -0.3 is 15.5 Å². The smallest absolute Gasteiger partial charge is 0.317 e. The van der Waals surface area contributed by atoms with E-state index < -0.39 is 17.8 Å². The number of alkyl halides is 1. The molecule has 3 fully saturated rings. The van der Waals surface area contributed by atoms with Gasteiger partial charge in [-0.3, -0.25) is 4.90 Å². The van der Waals surface area contributed by atoms with Crippen LogP contribution in [0.5, 0.6) is 0 Å². The van der Waals surface area contributed by atoms with Gasteiger partial charge in [0.15, 0.2) is 0 Å². The molecular formula is C22H31Cl2FN4O. The maximum absolute atomic E-state index is 15.3. The fourth-order valence-corrected chi connectivity index (χ4v) is 5.72. The zero-order valence-electron chi connectivity index (χ0n) is 17.5. The SMILES string of the molecule is CC(c1cccc(Cl)c1Cl)(C1CCC(NC(=O)N2CCC2)C(F)C1)N1CCNCC1. The van der Waals surface area contributed by atoms with Gasteiger partial charge in [0.05, 0.1) is 16.1 Å². The lowest BCUT2D eigenvalue weighted by molar-refractivity contribution is -0.00595. The standard InChI is InChI=1S/C22H31Cl2FN4O/c1-22(29-12-8-26-9-13-29,16-4-2-5-17(23)20(16)24)15-6-7-19(18(25)14-15)27-21(30)28-10-3-11-28/h2,4-5,15,18-19,26H,3,6-14H2,1H3,(H,27,30). The molecule has 1 aromatic carbocycles. The number of urea groups is 1. The van der Waals surface area contributed by atoms with Crippen LogP contribution in [0.3, 0.4) is 0 Å². The van der Waals surface area contributed by atoms with Crippen LogP contribution in [-0.4, -0.2) is 67.3 Å². The van der Waals surface area contributed by atoms with Crippen molar-refractivity contribution in [3.63, 3.8) is 0 Å². The Hall–Kier alpha value is -1.08. The average molecular weight is 457 g/mol. The van der Waals surface area contributed by atoms with Gasteiger partial charge in [-0.1, -0.05) is 35.3 Å². The predicted molar refractivity (Wildman–Crippen MR) is 119 cm³/mol. The molecule has 1 aromatic rings. The highest BCUT2D eigenvalue weighted by atomic mass is 35.5. The van der Waals surface area contributed by atoms with Gasteiger partial charge >= 0.3 is 6.03 Å². The van der Waals surface area contributed by atoms with Crippen LogP contribution in [0.1, 0.15) is 38.2 Å². The molecule has 5 nitrogen and oxygen atoms in total. The molecule has 2 N–H and O–H groups in total. The number of piperazine rings is 1. The van der Waals surface area contributed by atoms with Gasteiger partial charge in [0.25, 0.3) is 0 Å². The number of halogens is 3. The predicted octanol–water partition coefficient (Wildman–Crippen LogP) is 4.04. The van der Waals surface area contributed by atoms with E-state index in [9.17, 15) is 4.79 Å². The summed E-state index contributed by atoms with van der Waals surface area (Å²) in [5.41, 5.74) is 0.555. The average Bonchev–Trinajstić information content (AvgIpc) is 2.70. The first-order chi connectivity index (χ1) is 14.4. The van der Waals surface area contributed by atoms with Crippen molar-refractivity contribution < 1.29 is 9.18 Å². The summed E-state index contributed by atoms with van der Waals surface area (Å²) in [6, 6.07) is 5.20. The number of likely N-dealkylation sites (tertiary alicyclic amines) is 1. The Balaban J connectivity index is 1.55. The van der Waals surface area contributed by atoms with Crippen LogP contribution in [0.15, 0.2) is 18.2 Å². The summed E-state index contributed by atoms with van der Waals surface area (Å²) in [4.78, 5) is 16.4. The first-order valence-electron chi connectivity index (χ1n) is 11.0. The van der Waals surface area contributed by atoms with Gasteiger partial charge in [0.2, 0.25) is 0 Å². The molecule has 4 rings (SSSR count). The van der Waals surface area contributed by atoms with Crippen molar-refractivity contribution in [1.29, 1.82) is 0 Å². The van der Waals surface area contributed by atoms with E-state index in [1.165, 1.54) is 0 Å². The molecule has 0 spiro atoms. The molecule has 166 valence electrons. The molecule has 2 saturated heterocycles. The molecule has 2 amide bonds. The molecule has 2 aliphatic heterocycles. The third-order valence-electron chi connectivity index (χ3n) is 7.29. The zero-order valence-corrected chi connectivity index (χ0v) is 19.0. The van der Waals surface area contributed by atoms with E-state index in [4.69, 9.17) is 23.2 Å². The highest BCUT2D eigenvalue weighted by Gasteiger charge is 2.47. The Bertz CT molecular complexity index is 772. The molecule has 4 unspecified atom stereocenters. The summed E-state index contributed by atoms with van der Waals surface area (Å²) in [5, 5.41) is 7.41. The Morgan fingerprint density at radius 2 is 1.93 bits per heavy atom. The molecule has 4 atom stereocenters. The molecule has 3 aliphatic rings. The number of carbonyl (C=O) groups is 1. The topological polar surface area (TPSA) is 47.6 Å². The number of rotatable bonds is 4. The zero-order chi connectivity index (χ0) is 21.3.